The molecule has 41 heavy (non-hydrogen) atoms. The second-order valence-electron chi connectivity index (χ2n) is 9.38. The molecule has 220 valence electrons. The van der Waals surface area contributed by atoms with Crippen LogP contribution in [0.3, 0.4) is 0 Å². The van der Waals surface area contributed by atoms with Gasteiger partial charge in [-0.1, -0.05) is 36.2 Å². The van der Waals surface area contributed by atoms with E-state index < -0.39 is 40.2 Å². The van der Waals surface area contributed by atoms with E-state index in [1.165, 1.54) is 48.4 Å². The predicted octanol–water partition coefficient (Wildman–Crippen LogP) is 5.67. The number of benzene rings is 3. The number of halogens is 3. The molecule has 2 unspecified atom stereocenters. The van der Waals surface area contributed by atoms with Crippen LogP contribution in [0.1, 0.15) is 32.8 Å². The summed E-state index contributed by atoms with van der Waals surface area (Å²) >= 11 is 12.8. The summed E-state index contributed by atoms with van der Waals surface area (Å²) in [4.78, 5) is 28.2. The molecule has 2 atom stereocenters. The first-order chi connectivity index (χ1) is 19.4. The van der Waals surface area contributed by atoms with Gasteiger partial charge in [-0.15, -0.1) is 0 Å². The van der Waals surface area contributed by atoms with Crippen LogP contribution in [-0.4, -0.2) is 50.9 Å². The lowest BCUT2D eigenvalue weighted by Gasteiger charge is -2.32. The van der Waals surface area contributed by atoms with Crippen molar-refractivity contribution in [2.45, 2.75) is 50.7 Å². The number of ether oxygens (including phenoxy) is 1. The number of hydrogen-bond donors (Lipinski definition) is 1. The number of sulfonamides is 1. The highest BCUT2D eigenvalue weighted by Crippen LogP contribution is 2.29. The number of carbonyl (C=O) groups excluding carboxylic acids is 2. The van der Waals surface area contributed by atoms with Crippen LogP contribution in [0.15, 0.2) is 71.6 Å². The van der Waals surface area contributed by atoms with Gasteiger partial charge < -0.3 is 15.0 Å². The summed E-state index contributed by atoms with van der Waals surface area (Å²) in [6.07, 6.45) is 0.668. The van der Waals surface area contributed by atoms with Gasteiger partial charge in [-0.25, -0.2) is 12.8 Å². The molecule has 0 aliphatic rings. The van der Waals surface area contributed by atoms with Crippen molar-refractivity contribution in [3.05, 3.63) is 88.2 Å². The topological polar surface area (TPSA) is 96.0 Å². The highest BCUT2D eigenvalue weighted by atomic mass is 35.5. The minimum atomic E-state index is -4.32. The van der Waals surface area contributed by atoms with Crippen molar-refractivity contribution in [2.75, 3.05) is 18.0 Å². The normalized spacial score (nSPS) is 12.8. The third kappa shape index (κ3) is 7.90. The third-order valence-electron chi connectivity index (χ3n) is 6.60. The molecule has 8 nitrogen and oxygen atoms in total. The van der Waals surface area contributed by atoms with E-state index in [-0.39, 0.29) is 33.2 Å². The van der Waals surface area contributed by atoms with Crippen LogP contribution in [-0.2, 0) is 26.2 Å². The van der Waals surface area contributed by atoms with Crippen LogP contribution in [0.5, 0.6) is 5.75 Å². The summed E-state index contributed by atoms with van der Waals surface area (Å²) in [5, 5.41) is 3.42. The van der Waals surface area contributed by atoms with Gasteiger partial charge in [-0.2, -0.15) is 0 Å². The Bertz CT molecular complexity index is 1450. The number of rotatable bonds is 12. The smallest absolute Gasteiger partial charge is 0.264 e. The number of amides is 2. The number of nitrogens with zero attached hydrogens (tertiary/aromatic N) is 2. The lowest BCUT2D eigenvalue weighted by Crippen LogP contribution is -2.52. The zero-order chi connectivity index (χ0) is 30.3. The molecule has 3 aromatic rings. The largest absolute Gasteiger partial charge is 0.497 e. The highest BCUT2D eigenvalue weighted by Gasteiger charge is 2.33. The van der Waals surface area contributed by atoms with E-state index in [9.17, 15) is 22.4 Å². The third-order valence-corrected chi connectivity index (χ3v) is 9.10. The molecular formula is C29H32Cl2FN3O5S. The number of nitrogens with one attached hydrogen (secondary N) is 1. The van der Waals surface area contributed by atoms with Gasteiger partial charge in [-0.05, 0) is 80.9 Å². The predicted molar refractivity (Wildman–Crippen MR) is 158 cm³/mol. The standard InChI is InChI=1S/C29H32Cl2FN3O5S/c1-5-19(2)33-29(37)20(3)34(17-25-26(30)7-6-8-27(25)31)28(36)18-35(22-11-9-21(32)10-12-22)41(38,39)24-15-13-23(40-4)14-16-24/h6-16,19-20H,5,17-18H2,1-4H3,(H,33,37). The van der Waals surface area contributed by atoms with Crippen molar-refractivity contribution in [2.24, 2.45) is 0 Å². The van der Waals surface area contributed by atoms with Crippen molar-refractivity contribution in [1.29, 1.82) is 0 Å². The molecule has 0 heterocycles. The molecule has 1 N–H and O–H groups in total. The van der Waals surface area contributed by atoms with E-state index in [4.69, 9.17) is 27.9 Å². The molecule has 2 amide bonds. The number of anilines is 1. The zero-order valence-corrected chi connectivity index (χ0v) is 25.4. The molecule has 0 saturated heterocycles. The van der Waals surface area contributed by atoms with Crippen molar-refractivity contribution >= 4 is 50.7 Å². The summed E-state index contributed by atoms with van der Waals surface area (Å²) in [5.74, 6) is -1.26. The molecule has 0 aliphatic carbocycles. The molecular weight excluding hydrogens is 592 g/mol. The second kappa shape index (κ2) is 14.0. The van der Waals surface area contributed by atoms with Gasteiger partial charge in [0.05, 0.1) is 17.7 Å². The van der Waals surface area contributed by atoms with Crippen molar-refractivity contribution in [3.63, 3.8) is 0 Å². The molecule has 0 fully saturated rings. The summed E-state index contributed by atoms with van der Waals surface area (Å²) in [5.41, 5.74) is 0.460. The summed E-state index contributed by atoms with van der Waals surface area (Å²) in [7, 11) is -2.87. The van der Waals surface area contributed by atoms with E-state index in [1.807, 2.05) is 13.8 Å². The minimum absolute atomic E-state index is 0.0583. The fourth-order valence-electron chi connectivity index (χ4n) is 3.91. The first-order valence-corrected chi connectivity index (χ1v) is 15.0. The average molecular weight is 625 g/mol. The SMILES string of the molecule is CCC(C)NC(=O)C(C)N(Cc1c(Cl)cccc1Cl)C(=O)CN(c1ccc(F)cc1)S(=O)(=O)c1ccc(OC)cc1. The van der Waals surface area contributed by atoms with Crippen molar-refractivity contribution < 1.29 is 27.1 Å². The van der Waals surface area contributed by atoms with Crippen LogP contribution >= 0.6 is 23.2 Å². The second-order valence-corrected chi connectivity index (χ2v) is 12.1. The molecule has 0 saturated carbocycles. The molecule has 0 aromatic heterocycles. The Labute approximate surface area is 250 Å². The Hall–Kier alpha value is -3.34. The van der Waals surface area contributed by atoms with Gasteiger partial charge in [0.25, 0.3) is 10.0 Å². The maximum absolute atomic E-state index is 14.0. The Kier molecular flexibility index (Phi) is 11.0. The van der Waals surface area contributed by atoms with E-state index >= 15 is 0 Å². The van der Waals surface area contributed by atoms with Crippen molar-refractivity contribution in [3.8, 4) is 5.75 Å². The number of carbonyl (C=O) groups is 2. The quantitative estimate of drug-likeness (QED) is 0.280. The lowest BCUT2D eigenvalue weighted by atomic mass is 10.1. The van der Waals surface area contributed by atoms with Crippen LogP contribution in [0, 0.1) is 5.82 Å². The van der Waals surface area contributed by atoms with Crippen LogP contribution in [0.25, 0.3) is 0 Å². The summed E-state index contributed by atoms with van der Waals surface area (Å²) in [6, 6.07) is 14.1. The lowest BCUT2D eigenvalue weighted by molar-refractivity contribution is -0.139. The number of hydrogen-bond acceptors (Lipinski definition) is 5. The van der Waals surface area contributed by atoms with Crippen LogP contribution < -0.4 is 14.4 Å². The maximum Gasteiger partial charge on any atom is 0.264 e. The number of methoxy groups -OCH3 is 1. The maximum atomic E-state index is 14.0. The molecule has 3 aromatic carbocycles. The van der Waals surface area contributed by atoms with E-state index in [0.29, 0.717) is 17.7 Å². The molecule has 3 rings (SSSR count). The van der Waals surface area contributed by atoms with Crippen LogP contribution in [0.2, 0.25) is 10.0 Å². The first-order valence-electron chi connectivity index (χ1n) is 12.8. The molecule has 0 spiro atoms. The Morgan fingerprint density at radius 3 is 2.10 bits per heavy atom. The Morgan fingerprint density at radius 1 is 0.976 bits per heavy atom. The average Bonchev–Trinajstić information content (AvgIpc) is 2.95. The Morgan fingerprint density at radius 2 is 1.56 bits per heavy atom. The van der Waals surface area contributed by atoms with Crippen LogP contribution in [0.4, 0.5) is 10.1 Å². The van der Waals surface area contributed by atoms with Gasteiger partial charge >= 0.3 is 0 Å². The van der Waals surface area contributed by atoms with Gasteiger partial charge in [-0.3, -0.25) is 13.9 Å². The minimum Gasteiger partial charge on any atom is -0.497 e. The fraction of sp³-hybridized carbons (Fsp3) is 0.310. The van der Waals surface area contributed by atoms with Crippen molar-refractivity contribution in [1.82, 2.24) is 10.2 Å². The summed E-state index contributed by atoms with van der Waals surface area (Å²) < 4.78 is 47.4. The van der Waals surface area contributed by atoms with Gasteiger partial charge in [0, 0.05) is 28.2 Å². The summed E-state index contributed by atoms with van der Waals surface area (Å²) in [6.45, 7) is 4.43. The first kappa shape index (κ1) is 32.2. The van der Waals surface area contributed by atoms with E-state index in [2.05, 4.69) is 5.32 Å². The molecule has 0 bridgehead atoms. The van der Waals surface area contributed by atoms with Gasteiger partial charge in [0.15, 0.2) is 0 Å². The monoisotopic (exact) mass is 623 g/mol. The molecule has 12 heteroatoms. The Balaban J connectivity index is 2.06. The van der Waals surface area contributed by atoms with E-state index in [1.54, 1.807) is 25.1 Å². The zero-order valence-electron chi connectivity index (χ0n) is 23.1. The van der Waals surface area contributed by atoms with E-state index in [0.717, 1.165) is 16.4 Å². The molecule has 0 aliphatic heterocycles. The molecule has 0 radical (unpaired) electrons. The van der Waals surface area contributed by atoms with Gasteiger partial charge in [0.2, 0.25) is 11.8 Å². The van der Waals surface area contributed by atoms with Gasteiger partial charge in [0.1, 0.15) is 24.2 Å². The highest BCUT2D eigenvalue weighted by molar-refractivity contribution is 7.92. The fourth-order valence-corrected chi connectivity index (χ4v) is 5.84.